The third-order valence-corrected chi connectivity index (χ3v) is 4.43. The van der Waals surface area contributed by atoms with Crippen LogP contribution >= 0.6 is 27.3 Å². The average molecular weight is 326 g/mol. The predicted molar refractivity (Wildman–Crippen MR) is 80.4 cm³/mol. The molecule has 1 heterocycles. The van der Waals surface area contributed by atoms with E-state index in [0.29, 0.717) is 0 Å². The molecule has 1 aromatic heterocycles. The molecule has 4 heteroatoms. The van der Waals surface area contributed by atoms with Crippen LogP contribution in [-0.2, 0) is 6.42 Å². The minimum absolute atomic E-state index is 0.0203. The Kier molecular flexibility index (Phi) is 4.43. The molecule has 18 heavy (non-hydrogen) atoms. The van der Waals surface area contributed by atoms with Crippen LogP contribution in [0.1, 0.15) is 21.4 Å². The van der Waals surface area contributed by atoms with Crippen molar-refractivity contribution >= 4 is 27.3 Å². The summed E-state index contributed by atoms with van der Waals surface area (Å²) >= 11 is 5.24. The molecule has 0 saturated heterocycles. The van der Waals surface area contributed by atoms with Gasteiger partial charge in [-0.25, -0.2) is 0 Å². The first kappa shape index (κ1) is 13.6. The van der Waals surface area contributed by atoms with Gasteiger partial charge in [-0.1, -0.05) is 15.9 Å². The Morgan fingerprint density at radius 3 is 2.72 bits per heavy atom. The number of aryl methyl sites for hydroxylation is 1. The zero-order valence-corrected chi connectivity index (χ0v) is 12.8. The Labute approximate surface area is 120 Å². The van der Waals surface area contributed by atoms with Crippen molar-refractivity contribution < 1.29 is 4.74 Å². The Morgan fingerprint density at radius 2 is 2.11 bits per heavy atom. The van der Waals surface area contributed by atoms with Crippen molar-refractivity contribution in [2.75, 3.05) is 7.11 Å². The van der Waals surface area contributed by atoms with Gasteiger partial charge in [-0.2, -0.15) is 0 Å². The third kappa shape index (κ3) is 3.13. The summed E-state index contributed by atoms with van der Waals surface area (Å²) in [5.41, 5.74) is 7.38. The van der Waals surface area contributed by atoms with Gasteiger partial charge in [0.05, 0.1) is 7.11 Å². The van der Waals surface area contributed by atoms with E-state index in [1.54, 1.807) is 18.4 Å². The van der Waals surface area contributed by atoms with Crippen molar-refractivity contribution in [3.05, 3.63) is 50.1 Å². The molecule has 96 valence electrons. The Bertz CT molecular complexity index is 538. The SMILES string of the molecule is COc1ccc(Br)cc1CC(N)c1ccc(C)s1. The fourth-order valence-corrected chi connectivity index (χ4v) is 3.18. The second kappa shape index (κ2) is 5.87. The maximum Gasteiger partial charge on any atom is 0.122 e. The van der Waals surface area contributed by atoms with Crippen molar-refractivity contribution in [1.82, 2.24) is 0 Å². The summed E-state index contributed by atoms with van der Waals surface area (Å²) in [4.78, 5) is 2.51. The summed E-state index contributed by atoms with van der Waals surface area (Å²) in [5.74, 6) is 0.891. The minimum Gasteiger partial charge on any atom is -0.496 e. The molecule has 0 aliphatic heterocycles. The smallest absolute Gasteiger partial charge is 0.122 e. The normalized spacial score (nSPS) is 12.4. The molecule has 1 unspecified atom stereocenters. The lowest BCUT2D eigenvalue weighted by Gasteiger charge is -2.13. The van der Waals surface area contributed by atoms with Gasteiger partial charge in [-0.3, -0.25) is 0 Å². The second-order valence-corrected chi connectivity index (χ2v) is 6.45. The molecular formula is C14H16BrNOS. The molecule has 2 nitrogen and oxygen atoms in total. The first-order valence-corrected chi connectivity index (χ1v) is 7.35. The number of hydrogen-bond donors (Lipinski definition) is 1. The molecular weight excluding hydrogens is 310 g/mol. The van der Waals surface area contributed by atoms with Crippen molar-refractivity contribution in [3.63, 3.8) is 0 Å². The Morgan fingerprint density at radius 1 is 1.33 bits per heavy atom. The lowest BCUT2D eigenvalue weighted by Crippen LogP contribution is -2.12. The molecule has 0 fully saturated rings. The molecule has 0 aliphatic carbocycles. The number of ether oxygens (including phenoxy) is 1. The van der Waals surface area contributed by atoms with E-state index in [1.165, 1.54) is 9.75 Å². The van der Waals surface area contributed by atoms with Gasteiger partial charge in [0.2, 0.25) is 0 Å². The highest BCUT2D eigenvalue weighted by Gasteiger charge is 2.12. The second-order valence-electron chi connectivity index (χ2n) is 4.22. The van der Waals surface area contributed by atoms with Crippen LogP contribution in [-0.4, -0.2) is 7.11 Å². The average Bonchev–Trinajstić information content (AvgIpc) is 2.76. The summed E-state index contributed by atoms with van der Waals surface area (Å²) in [7, 11) is 1.69. The van der Waals surface area contributed by atoms with Crippen molar-refractivity contribution in [3.8, 4) is 5.75 Å². The van der Waals surface area contributed by atoms with Crippen LogP contribution in [0.4, 0.5) is 0 Å². The van der Waals surface area contributed by atoms with Gasteiger partial charge < -0.3 is 10.5 Å². The van der Waals surface area contributed by atoms with Crippen LogP contribution in [0.5, 0.6) is 5.75 Å². The van der Waals surface area contributed by atoms with Gasteiger partial charge in [0, 0.05) is 20.3 Å². The van der Waals surface area contributed by atoms with Crippen LogP contribution in [0, 0.1) is 6.92 Å². The lowest BCUT2D eigenvalue weighted by atomic mass is 10.0. The summed E-state index contributed by atoms with van der Waals surface area (Å²) in [6.07, 6.45) is 0.780. The highest BCUT2D eigenvalue weighted by molar-refractivity contribution is 9.10. The number of rotatable bonds is 4. The van der Waals surface area contributed by atoms with Gasteiger partial charge in [0.1, 0.15) is 5.75 Å². The van der Waals surface area contributed by atoms with Crippen LogP contribution in [0.2, 0.25) is 0 Å². The number of nitrogens with two attached hydrogens (primary N) is 1. The van der Waals surface area contributed by atoms with Crippen molar-refractivity contribution in [2.45, 2.75) is 19.4 Å². The topological polar surface area (TPSA) is 35.2 Å². The van der Waals surface area contributed by atoms with Gasteiger partial charge in [-0.15, -0.1) is 11.3 Å². The number of benzene rings is 1. The predicted octanol–water partition coefficient (Wildman–Crippen LogP) is 4.07. The van der Waals surface area contributed by atoms with Crippen LogP contribution in [0.25, 0.3) is 0 Å². The van der Waals surface area contributed by atoms with Crippen LogP contribution in [0.15, 0.2) is 34.8 Å². The summed E-state index contributed by atoms with van der Waals surface area (Å²) in [6, 6.07) is 10.2. The van der Waals surface area contributed by atoms with E-state index in [1.807, 2.05) is 12.1 Å². The third-order valence-electron chi connectivity index (χ3n) is 2.81. The minimum atomic E-state index is 0.0203. The molecule has 1 atom stereocenters. The molecule has 0 amide bonds. The molecule has 2 rings (SSSR count). The van der Waals surface area contributed by atoms with E-state index >= 15 is 0 Å². The van der Waals surface area contributed by atoms with E-state index in [0.717, 1.165) is 22.2 Å². The summed E-state index contributed by atoms with van der Waals surface area (Å²) in [5, 5.41) is 0. The standard InChI is InChI=1S/C14H16BrNOS/c1-9-3-6-14(18-9)12(16)8-10-7-11(15)4-5-13(10)17-2/h3-7,12H,8,16H2,1-2H3. The highest BCUT2D eigenvalue weighted by Crippen LogP contribution is 2.29. The van der Waals surface area contributed by atoms with Crippen LogP contribution in [0.3, 0.4) is 0 Å². The molecule has 0 radical (unpaired) electrons. The van der Waals surface area contributed by atoms with E-state index in [9.17, 15) is 0 Å². The maximum absolute atomic E-state index is 6.25. The van der Waals surface area contributed by atoms with Gasteiger partial charge >= 0.3 is 0 Å². The first-order chi connectivity index (χ1) is 8.60. The van der Waals surface area contributed by atoms with Gasteiger partial charge in [0.25, 0.3) is 0 Å². The fourth-order valence-electron chi connectivity index (χ4n) is 1.90. The van der Waals surface area contributed by atoms with Gasteiger partial charge in [-0.05, 0) is 49.2 Å². The van der Waals surface area contributed by atoms with E-state index in [4.69, 9.17) is 10.5 Å². The molecule has 0 bridgehead atoms. The fraction of sp³-hybridized carbons (Fsp3) is 0.286. The number of hydrogen-bond acceptors (Lipinski definition) is 3. The maximum atomic E-state index is 6.25. The summed E-state index contributed by atoms with van der Waals surface area (Å²) in [6.45, 7) is 2.10. The monoisotopic (exact) mass is 325 g/mol. The molecule has 0 aliphatic rings. The van der Waals surface area contributed by atoms with Crippen molar-refractivity contribution in [2.24, 2.45) is 5.73 Å². The van der Waals surface area contributed by atoms with E-state index < -0.39 is 0 Å². The zero-order valence-electron chi connectivity index (χ0n) is 10.4. The van der Waals surface area contributed by atoms with E-state index in [2.05, 4.69) is 41.1 Å². The zero-order chi connectivity index (χ0) is 13.1. The number of methoxy groups -OCH3 is 1. The largest absolute Gasteiger partial charge is 0.496 e. The van der Waals surface area contributed by atoms with E-state index in [-0.39, 0.29) is 6.04 Å². The number of halogens is 1. The van der Waals surface area contributed by atoms with Gasteiger partial charge in [0.15, 0.2) is 0 Å². The molecule has 1 aromatic carbocycles. The van der Waals surface area contributed by atoms with Crippen molar-refractivity contribution in [1.29, 1.82) is 0 Å². The number of thiophene rings is 1. The quantitative estimate of drug-likeness (QED) is 0.919. The Balaban J connectivity index is 2.20. The molecule has 0 spiro atoms. The highest BCUT2D eigenvalue weighted by atomic mass is 79.9. The molecule has 2 N–H and O–H groups in total. The van der Waals surface area contributed by atoms with Crippen LogP contribution < -0.4 is 10.5 Å². The summed E-state index contributed by atoms with van der Waals surface area (Å²) < 4.78 is 6.42. The lowest BCUT2D eigenvalue weighted by molar-refractivity contribution is 0.408. The molecule has 2 aromatic rings. The Hall–Kier alpha value is -0.840. The molecule has 0 saturated carbocycles. The first-order valence-electron chi connectivity index (χ1n) is 5.74.